The van der Waals surface area contributed by atoms with Gasteiger partial charge in [-0.2, -0.15) is 0 Å². The van der Waals surface area contributed by atoms with Crippen LogP contribution < -0.4 is 5.32 Å². The topological polar surface area (TPSA) is 63.1 Å². The lowest BCUT2D eigenvalue weighted by Crippen LogP contribution is -2.49. The third-order valence-electron chi connectivity index (χ3n) is 3.80. The normalized spacial score (nSPS) is 18.7. The quantitative estimate of drug-likeness (QED) is 0.893. The first-order valence-corrected chi connectivity index (χ1v) is 7.12. The number of nitrogens with zero attached hydrogens (tertiary/aromatic N) is 4. The smallest absolute Gasteiger partial charge is 0.227 e. The number of imidazole rings is 1. The standard InChI is InChI=1S/C15H19N5O/c1-19-7-6-18-15(19)13-11-17-5-8-20(13)14(21)9-12-3-2-4-16-10-12/h2-4,6-7,10,13,17H,5,8-9,11H2,1H3. The lowest BCUT2D eigenvalue weighted by atomic mass is 10.1. The first-order valence-electron chi connectivity index (χ1n) is 7.12. The zero-order valence-corrected chi connectivity index (χ0v) is 12.1. The molecule has 2 aromatic rings. The highest BCUT2D eigenvalue weighted by molar-refractivity contribution is 5.79. The fourth-order valence-corrected chi connectivity index (χ4v) is 2.71. The van der Waals surface area contributed by atoms with Gasteiger partial charge in [0.25, 0.3) is 0 Å². The molecule has 1 amide bonds. The molecule has 1 fully saturated rings. The summed E-state index contributed by atoms with van der Waals surface area (Å²) >= 11 is 0. The first-order chi connectivity index (χ1) is 10.3. The molecular weight excluding hydrogens is 266 g/mol. The molecule has 21 heavy (non-hydrogen) atoms. The molecule has 0 aromatic carbocycles. The molecule has 0 spiro atoms. The van der Waals surface area contributed by atoms with Gasteiger partial charge in [-0.3, -0.25) is 9.78 Å². The first kappa shape index (κ1) is 13.8. The molecule has 0 radical (unpaired) electrons. The van der Waals surface area contributed by atoms with Gasteiger partial charge in [0.05, 0.1) is 6.42 Å². The second kappa shape index (κ2) is 6.05. The SMILES string of the molecule is Cn1ccnc1C1CNCCN1C(=O)Cc1cccnc1. The maximum atomic E-state index is 12.6. The molecule has 0 saturated carbocycles. The van der Waals surface area contributed by atoms with Crippen LogP contribution in [0.2, 0.25) is 0 Å². The Labute approximate surface area is 123 Å². The summed E-state index contributed by atoms with van der Waals surface area (Å²) in [4.78, 5) is 23.0. The molecule has 110 valence electrons. The van der Waals surface area contributed by atoms with Gasteiger partial charge < -0.3 is 14.8 Å². The molecule has 3 heterocycles. The van der Waals surface area contributed by atoms with E-state index in [1.807, 2.05) is 34.8 Å². The number of carbonyl (C=O) groups is 1. The van der Waals surface area contributed by atoms with Crippen molar-refractivity contribution in [3.63, 3.8) is 0 Å². The van der Waals surface area contributed by atoms with Crippen molar-refractivity contribution >= 4 is 5.91 Å². The lowest BCUT2D eigenvalue weighted by Gasteiger charge is -2.35. The highest BCUT2D eigenvalue weighted by Gasteiger charge is 2.30. The maximum absolute atomic E-state index is 12.6. The van der Waals surface area contributed by atoms with Gasteiger partial charge in [0.2, 0.25) is 5.91 Å². The van der Waals surface area contributed by atoms with E-state index in [4.69, 9.17) is 0 Å². The van der Waals surface area contributed by atoms with Crippen molar-refractivity contribution < 1.29 is 4.79 Å². The lowest BCUT2D eigenvalue weighted by molar-refractivity contribution is -0.134. The molecule has 1 unspecified atom stereocenters. The van der Waals surface area contributed by atoms with Crippen LogP contribution in [0.3, 0.4) is 0 Å². The fourth-order valence-electron chi connectivity index (χ4n) is 2.71. The summed E-state index contributed by atoms with van der Waals surface area (Å²) in [5.74, 6) is 1.04. The molecule has 6 heteroatoms. The van der Waals surface area contributed by atoms with E-state index in [-0.39, 0.29) is 11.9 Å². The van der Waals surface area contributed by atoms with Crippen LogP contribution in [0.4, 0.5) is 0 Å². The summed E-state index contributed by atoms with van der Waals surface area (Å²) in [6.45, 7) is 2.26. The van der Waals surface area contributed by atoms with E-state index in [2.05, 4.69) is 15.3 Å². The predicted octanol–water partition coefficient (Wildman–Crippen LogP) is 0.531. The zero-order chi connectivity index (χ0) is 14.7. The number of aryl methyl sites for hydroxylation is 1. The number of hydrogen-bond acceptors (Lipinski definition) is 4. The van der Waals surface area contributed by atoms with Crippen LogP contribution >= 0.6 is 0 Å². The molecule has 1 aliphatic heterocycles. The van der Waals surface area contributed by atoms with Crippen molar-refractivity contribution in [3.8, 4) is 0 Å². The Kier molecular flexibility index (Phi) is 3.96. The second-order valence-corrected chi connectivity index (χ2v) is 5.24. The summed E-state index contributed by atoms with van der Waals surface area (Å²) in [5.41, 5.74) is 0.944. The van der Waals surface area contributed by atoms with Crippen LogP contribution in [0, 0.1) is 0 Å². The van der Waals surface area contributed by atoms with Crippen LogP contribution in [0.1, 0.15) is 17.4 Å². The Morgan fingerprint density at radius 3 is 3.10 bits per heavy atom. The summed E-state index contributed by atoms with van der Waals surface area (Å²) in [5, 5.41) is 3.34. The molecule has 0 aliphatic carbocycles. The molecule has 0 bridgehead atoms. The van der Waals surface area contributed by atoms with Gasteiger partial charge in [-0.1, -0.05) is 6.07 Å². The summed E-state index contributed by atoms with van der Waals surface area (Å²) < 4.78 is 1.97. The van der Waals surface area contributed by atoms with E-state index in [1.54, 1.807) is 18.6 Å². The predicted molar refractivity (Wildman–Crippen MR) is 78.5 cm³/mol. The summed E-state index contributed by atoms with van der Waals surface area (Å²) in [6.07, 6.45) is 7.53. The van der Waals surface area contributed by atoms with Crippen molar-refractivity contribution in [2.24, 2.45) is 7.05 Å². The number of aromatic nitrogens is 3. The van der Waals surface area contributed by atoms with Crippen LogP contribution in [-0.2, 0) is 18.3 Å². The van der Waals surface area contributed by atoms with Gasteiger partial charge in [-0.25, -0.2) is 4.98 Å². The molecule has 2 aromatic heterocycles. The van der Waals surface area contributed by atoms with E-state index in [1.165, 1.54) is 0 Å². The fraction of sp³-hybridized carbons (Fsp3) is 0.400. The van der Waals surface area contributed by atoms with E-state index < -0.39 is 0 Å². The minimum atomic E-state index is -0.0112. The number of hydrogen-bond donors (Lipinski definition) is 1. The van der Waals surface area contributed by atoms with Crippen molar-refractivity contribution in [3.05, 3.63) is 48.3 Å². The molecular formula is C15H19N5O. The van der Waals surface area contributed by atoms with E-state index in [0.717, 1.165) is 24.5 Å². The molecule has 3 rings (SSSR count). The summed E-state index contributed by atoms with van der Waals surface area (Å²) in [6, 6.07) is 3.78. The number of piperazine rings is 1. The van der Waals surface area contributed by atoms with Gasteiger partial charge in [0.15, 0.2) is 0 Å². The van der Waals surface area contributed by atoms with Gasteiger partial charge in [0, 0.05) is 51.5 Å². The average molecular weight is 285 g/mol. The third kappa shape index (κ3) is 2.95. The van der Waals surface area contributed by atoms with Crippen LogP contribution in [-0.4, -0.2) is 45.0 Å². The Bertz CT molecular complexity index is 610. The minimum absolute atomic E-state index is 0.0112. The van der Waals surface area contributed by atoms with Crippen molar-refractivity contribution in [2.45, 2.75) is 12.5 Å². The zero-order valence-electron chi connectivity index (χ0n) is 12.1. The molecule has 6 nitrogen and oxygen atoms in total. The summed E-state index contributed by atoms with van der Waals surface area (Å²) in [7, 11) is 1.96. The Balaban J connectivity index is 1.78. The van der Waals surface area contributed by atoms with Crippen LogP contribution in [0.15, 0.2) is 36.9 Å². The van der Waals surface area contributed by atoms with E-state index >= 15 is 0 Å². The van der Waals surface area contributed by atoms with Gasteiger partial charge in [0.1, 0.15) is 11.9 Å². The number of carbonyl (C=O) groups excluding carboxylic acids is 1. The van der Waals surface area contributed by atoms with Gasteiger partial charge in [-0.15, -0.1) is 0 Å². The van der Waals surface area contributed by atoms with E-state index in [9.17, 15) is 4.79 Å². The number of rotatable bonds is 3. The molecule has 1 atom stereocenters. The largest absolute Gasteiger partial charge is 0.336 e. The second-order valence-electron chi connectivity index (χ2n) is 5.24. The highest BCUT2D eigenvalue weighted by atomic mass is 16.2. The minimum Gasteiger partial charge on any atom is -0.336 e. The number of pyridine rings is 1. The Hall–Kier alpha value is -2.21. The number of amides is 1. The van der Waals surface area contributed by atoms with Crippen LogP contribution in [0.25, 0.3) is 0 Å². The third-order valence-corrected chi connectivity index (χ3v) is 3.80. The Morgan fingerprint density at radius 1 is 1.48 bits per heavy atom. The van der Waals surface area contributed by atoms with Gasteiger partial charge >= 0.3 is 0 Å². The Morgan fingerprint density at radius 2 is 2.38 bits per heavy atom. The molecule has 1 N–H and O–H groups in total. The number of nitrogens with one attached hydrogen (secondary N) is 1. The van der Waals surface area contributed by atoms with Crippen molar-refractivity contribution in [1.29, 1.82) is 0 Å². The molecule has 1 aliphatic rings. The van der Waals surface area contributed by atoms with Crippen molar-refractivity contribution in [2.75, 3.05) is 19.6 Å². The van der Waals surface area contributed by atoms with Crippen molar-refractivity contribution in [1.82, 2.24) is 24.8 Å². The molecule has 1 saturated heterocycles. The monoisotopic (exact) mass is 285 g/mol. The maximum Gasteiger partial charge on any atom is 0.227 e. The average Bonchev–Trinajstić information content (AvgIpc) is 2.94. The van der Waals surface area contributed by atoms with E-state index in [0.29, 0.717) is 13.0 Å². The van der Waals surface area contributed by atoms with Gasteiger partial charge in [-0.05, 0) is 11.6 Å². The van der Waals surface area contributed by atoms with Crippen LogP contribution in [0.5, 0.6) is 0 Å². The highest BCUT2D eigenvalue weighted by Crippen LogP contribution is 2.21.